The van der Waals surface area contributed by atoms with Crippen molar-refractivity contribution < 1.29 is 9.21 Å². The zero-order valence-electron chi connectivity index (χ0n) is 6.54. The Morgan fingerprint density at radius 2 is 2.42 bits per heavy atom. The fraction of sp³-hybridized carbons (Fsp3) is 0.375. The van der Waals surface area contributed by atoms with Gasteiger partial charge in [0, 0.05) is 13.1 Å². The quantitative estimate of drug-likeness (QED) is 0.619. The van der Waals surface area contributed by atoms with Gasteiger partial charge in [-0.2, -0.15) is 0 Å². The SMILES string of the molecule is O=C1NCCN[C@@H]1c1ccco1. The largest absolute Gasteiger partial charge is 0.467 e. The standard InChI is InChI=1S/C8H10N2O2/c11-8-7(9-3-4-10-8)6-2-1-5-12-6/h1-2,5,7,9H,3-4H2,(H,10,11)/t7-/m1/s1. The van der Waals surface area contributed by atoms with E-state index in [2.05, 4.69) is 10.6 Å². The molecule has 4 heteroatoms. The number of piperazine rings is 1. The lowest BCUT2D eigenvalue weighted by Gasteiger charge is -2.21. The Morgan fingerprint density at radius 3 is 3.08 bits per heavy atom. The van der Waals surface area contributed by atoms with E-state index in [1.165, 1.54) is 0 Å². The first kappa shape index (κ1) is 7.36. The second kappa shape index (κ2) is 2.98. The number of hydrogen-bond acceptors (Lipinski definition) is 3. The number of carbonyl (C=O) groups is 1. The van der Waals surface area contributed by atoms with Gasteiger partial charge in [0.25, 0.3) is 0 Å². The molecule has 1 amide bonds. The van der Waals surface area contributed by atoms with Crippen LogP contribution in [-0.2, 0) is 4.79 Å². The molecule has 0 aromatic carbocycles. The number of amides is 1. The Bertz CT molecular complexity index is 269. The number of nitrogens with one attached hydrogen (secondary N) is 2. The minimum Gasteiger partial charge on any atom is -0.467 e. The van der Waals surface area contributed by atoms with Crippen LogP contribution in [0.5, 0.6) is 0 Å². The molecule has 4 nitrogen and oxygen atoms in total. The van der Waals surface area contributed by atoms with Crippen molar-refractivity contribution in [2.24, 2.45) is 0 Å². The zero-order chi connectivity index (χ0) is 8.39. The smallest absolute Gasteiger partial charge is 0.245 e. The topological polar surface area (TPSA) is 54.3 Å². The van der Waals surface area contributed by atoms with Crippen LogP contribution in [0, 0.1) is 0 Å². The molecule has 2 N–H and O–H groups in total. The van der Waals surface area contributed by atoms with Crippen LogP contribution in [0.25, 0.3) is 0 Å². The first-order chi connectivity index (χ1) is 5.88. The van der Waals surface area contributed by atoms with Gasteiger partial charge in [0.15, 0.2) is 0 Å². The van der Waals surface area contributed by atoms with Crippen LogP contribution in [0.2, 0.25) is 0 Å². The molecule has 1 fully saturated rings. The van der Waals surface area contributed by atoms with Crippen LogP contribution < -0.4 is 10.6 Å². The third-order valence-corrected chi connectivity index (χ3v) is 1.86. The summed E-state index contributed by atoms with van der Waals surface area (Å²) in [7, 11) is 0. The molecule has 0 spiro atoms. The van der Waals surface area contributed by atoms with E-state index in [1.54, 1.807) is 18.4 Å². The van der Waals surface area contributed by atoms with Crippen LogP contribution >= 0.6 is 0 Å². The second-order valence-corrected chi connectivity index (χ2v) is 2.69. The third kappa shape index (κ3) is 1.21. The Morgan fingerprint density at radius 1 is 1.50 bits per heavy atom. The van der Waals surface area contributed by atoms with Gasteiger partial charge in [-0.3, -0.25) is 10.1 Å². The summed E-state index contributed by atoms with van der Waals surface area (Å²) in [4.78, 5) is 11.3. The molecule has 1 aliphatic heterocycles. The highest BCUT2D eigenvalue weighted by atomic mass is 16.3. The number of furan rings is 1. The van der Waals surface area contributed by atoms with E-state index in [0.717, 1.165) is 6.54 Å². The van der Waals surface area contributed by atoms with Crippen molar-refractivity contribution in [2.75, 3.05) is 13.1 Å². The van der Waals surface area contributed by atoms with Gasteiger partial charge in [0.1, 0.15) is 11.8 Å². The minimum atomic E-state index is -0.311. The van der Waals surface area contributed by atoms with Gasteiger partial charge in [-0.05, 0) is 12.1 Å². The first-order valence-corrected chi connectivity index (χ1v) is 3.92. The second-order valence-electron chi connectivity index (χ2n) is 2.69. The van der Waals surface area contributed by atoms with Crippen LogP contribution in [-0.4, -0.2) is 19.0 Å². The Balaban J connectivity index is 2.17. The van der Waals surface area contributed by atoms with E-state index in [9.17, 15) is 4.79 Å². The molecule has 1 saturated heterocycles. The van der Waals surface area contributed by atoms with Gasteiger partial charge in [0.05, 0.1) is 6.26 Å². The zero-order valence-corrected chi connectivity index (χ0v) is 6.54. The third-order valence-electron chi connectivity index (χ3n) is 1.86. The molecule has 0 saturated carbocycles. The average molecular weight is 166 g/mol. The molecule has 0 radical (unpaired) electrons. The van der Waals surface area contributed by atoms with Crippen molar-refractivity contribution in [2.45, 2.75) is 6.04 Å². The summed E-state index contributed by atoms with van der Waals surface area (Å²) in [5, 5.41) is 5.82. The highest BCUT2D eigenvalue weighted by Crippen LogP contribution is 2.14. The summed E-state index contributed by atoms with van der Waals surface area (Å²) in [5.41, 5.74) is 0. The summed E-state index contributed by atoms with van der Waals surface area (Å²) in [6.45, 7) is 1.48. The maximum atomic E-state index is 11.3. The van der Waals surface area contributed by atoms with Crippen LogP contribution in [0.4, 0.5) is 0 Å². The molecule has 0 bridgehead atoms. The van der Waals surface area contributed by atoms with Gasteiger partial charge in [-0.25, -0.2) is 0 Å². The van der Waals surface area contributed by atoms with Crippen LogP contribution in [0.15, 0.2) is 22.8 Å². The summed E-state index contributed by atoms with van der Waals surface area (Å²) in [6, 6.07) is 3.26. The van der Waals surface area contributed by atoms with Crippen molar-refractivity contribution in [3.63, 3.8) is 0 Å². The molecule has 1 aromatic heterocycles. The van der Waals surface area contributed by atoms with E-state index in [1.807, 2.05) is 0 Å². The Labute approximate surface area is 69.9 Å². The lowest BCUT2D eigenvalue weighted by molar-refractivity contribution is -0.124. The van der Waals surface area contributed by atoms with Crippen molar-refractivity contribution >= 4 is 5.91 Å². The molecule has 1 aliphatic rings. The maximum Gasteiger partial charge on any atom is 0.245 e. The van der Waals surface area contributed by atoms with E-state index in [0.29, 0.717) is 12.3 Å². The predicted molar refractivity (Wildman–Crippen MR) is 42.5 cm³/mol. The number of carbonyl (C=O) groups excluding carboxylic acids is 1. The highest BCUT2D eigenvalue weighted by molar-refractivity contribution is 5.83. The molecular formula is C8H10N2O2. The molecule has 1 atom stereocenters. The molecular weight excluding hydrogens is 156 g/mol. The number of hydrogen-bond donors (Lipinski definition) is 2. The molecule has 0 unspecified atom stereocenters. The van der Waals surface area contributed by atoms with E-state index < -0.39 is 0 Å². The summed E-state index contributed by atoms with van der Waals surface area (Å²) < 4.78 is 5.12. The molecule has 64 valence electrons. The summed E-state index contributed by atoms with van der Waals surface area (Å²) in [5.74, 6) is 0.656. The van der Waals surface area contributed by atoms with Crippen molar-refractivity contribution in [1.82, 2.24) is 10.6 Å². The Kier molecular flexibility index (Phi) is 1.83. The Hall–Kier alpha value is -1.29. The van der Waals surface area contributed by atoms with Gasteiger partial charge >= 0.3 is 0 Å². The van der Waals surface area contributed by atoms with Crippen molar-refractivity contribution in [1.29, 1.82) is 0 Å². The van der Waals surface area contributed by atoms with Gasteiger partial charge in [-0.15, -0.1) is 0 Å². The fourth-order valence-electron chi connectivity index (χ4n) is 1.28. The van der Waals surface area contributed by atoms with Crippen LogP contribution in [0.3, 0.4) is 0 Å². The summed E-state index contributed by atoms with van der Waals surface area (Å²) >= 11 is 0. The average Bonchev–Trinajstić information content (AvgIpc) is 2.57. The van der Waals surface area contributed by atoms with Crippen LogP contribution in [0.1, 0.15) is 11.8 Å². The van der Waals surface area contributed by atoms with E-state index >= 15 is 0 Å². The summed E-state index contributed by atoms with van der Waals surface area (Å²) in [6.07, 6.45) is 1.57. The lowest BCUT2D eigenvalue weighted by Crippen LogP contribution is -2.47. The first-order valence-electron chi connectivity index (χ1n) is 3.92. The van der Waals surface area contributed by atoms with Crippen molar-refractivity contribution in [3.8, 4) is 0 Å². The predicted octanol–water partition coefficient (Wildman–Crippen LogP) is 0.0401. The maximum absolute atomic E-state index is 11.3. The van der Waals surface area contributed by atoms with Gasteiger partial charge in [0.2, 0.25) is 5.91 Å². The normalized spacial score (nSPS) is 23.7. The monoisotopic (exact) mass is 166 g/mol. The van der Waals surface area contributed by atoms with Gasteiger partial charge < -0.3 is 9.73 Å². The molecule has 0 aliphatic carbocycles. The van der Waals surface area contributed by atoms with Gasteiger partial charge in [-0.1, -0.05) is 0 Å². The molecule has 12 heavy (non-hydrogen) atoms. The molecule has 2 heterocycles. The minimum absolute atomic E-state index is 0.0174. The van der Waals surface area contributed by atoms with E-state index in [4.69, 9.17) is 4.42 Å². The lowest BCUT2D eigenvalue weighted by atomic mass is 10.2. The molecule has 1 aromatic rings. The highest BCUT2D eigenvalue weighted by Gasteiger charge is 2.24. The van der Waals surface area contributed by atoms with E-state index in [-0.39, 0.29) is 11.9 Å². The van der Waals surface area contributed by atoms with Crippen molar-refractivity contribution in [3.05, 3.63) is 24.2 Å². The molecule has 2 rings (SSSR count). The number of rotatable bonds is 1. The fourth-order valence-corrected chi connectivity index (χ4v) is 1.28.